The van der Waals surface area contributed by atoms with Gasteiger partial charge in [-0.1, -0.05) is 36.9 Å². The summed E-state index contributed by atoms with van der Waals surface area (Å²) < 4.78 is 0. The van der Waals surface area contributed by atoms with E-state index in [4.69, 9.17) is 5.73 Å². The summed E-state index contributed by atoms with van der Waals surface area (Å²) in [6.07, 6.45) is 1.23. The molecule has 1 aromatic carbocycles. The first-order valence-corrected chi connectivity index (χ1v) is 4.31. The zero-order chi connectivity index (χ0) is 9.84. The topological polar surface area (TPSA) is 46.2 Å². The first-order chi connectivity index (χ1) is 6.15. The molecule has 0 bridgehead atoms. The van der Waals surface area contributed by atoms with Crippen LogP contribution in [-0.2, 0) is 0 Å². The van der Waals surface area contributed by atoms with Gasteiger partial charge in [0.1, 0.15) is 0 Å². The predicted octanol–water partition coefficient (Wildman–Crippen LogP) is 1.71. The van der Waals surface area contributed by atoms with Gasteiger partial charge < -0.3 is 10.8 Å². The highest BCUT2D eigenvalue weighted by Gasteiger charge is 2.11. The van der Waals surface area contributed by atoms with Gasteiger partial charge in [0, 0.05) is 0 Å². The van der Waals surface area contributed by atoms with Crippen molar-refractivity contribution < 1.29 is 5.11 Å². The molecule has 2 heteroatoms. The zero-order valence-electron chi connectivity index (χ0n) is 7.77. The Morgan fingerprint density at radius 1 is 1.54 bits per heavy atom. The van der Waals surface area contributed by atoms with E-state index < -0.39 is 6.10 Å². The molecule has 0 aliphatic carbocycles. The molecule has 0 aromatic heterocycles. The molecule has 0 saturated carbocycles. The van der Waals surface area contributed by atoms with Crippen molar-refractivity contribution in [2.45, 2.75) is 19.1 Å². The molecule has 2 nitrogen and oxygen atoms in total. The largest absolute Gasteiger partial charge is 0.391 e. The molecule has 0 aliphatic rings. The van der Waals surface area contributed by atoms with Gasteiger partial charge in [0.15, 0.2) is 0 Å². The first-order valence-electron chi connectivity index (χ1n) is 4.31. The van der Waals surface area contributed by atoms with E-state index in [9.17, 15) is 5.11 Å². The Morgan fingerprint density at radius 2 is 2.23 bits per heavy atom. The van der Waals surface area contributed by atoms with E-state index in [-0.39, 0.29) is 6.04 Å². The molecular weight excluding hydrogens is 162 g/mol. The van der Waals surface area contributed by atoms with Crippen LogP contribution in [0.25, 0.3) is 6.08 Å². The third-order valence-electron chi connectivity index (χ3n) is 2.05. The van der Waals surface area contributed by atoms with Crippen LogP contribution in [0.3, 0.4) is 0 Å². The number of hydrogen-bond acceptors (Lipinski definition) is 2. The number of aliphatic hydroxyl groups is 1. The van der Waals surface area contributed by atoms with Gasteiger partial charge in [0.05, 0.1) is 12.1 Å². The fourth-order valence-corrected chi connectivity index (χ4v) is 1.17. The van der Waals surface area contributed by atoms with Crippen LogP contribution >= 0.6 is 0 Å². The monoisotopic (exact) mass is 177 g/mol. The minimum absolute atomic E-state index is 0.320. The fraction of sp³-hybridized carbons (Fsp3) is 0.273. The van der Waals surface area contributed by atoms with Gasteiger partial charge in [-0.15, -0.1) is 0 Å². The fourth-order valence-electron chi connectivity index (χ4n) is 1.17. The van der Waals surface area contributed by atoms with E-state index in [1.165, 1.54) is 0 Å². The van der Waals surface area contributed by atoms with E-state index in [1.807, 2.05) is 24.3 Å². The summed E-state index contributed by atoms with van der Waals surface area (Å²) in [6.45, 7) is 5.36. The van der Waals surface area contributed by atoms with Crippen LogP contribution in [0.2, 0.25) is 0 Å². The molecule has 0 radical (unpaired) electrons. The van der Waals surface area contributed by atoms with E-state index in [2.05, 4.69) is 6.58 Å². The van der Waals surface area contributed by atoms with Gasteiger partial charge in [0.25, 0.3) is 0 Å². The first kappa shape index (κ1) is 9.96. The van der Waals surface area contributed by atoms with E-state index in [0.717, 1.165) is 11.1 Å². The zero-order valence-corrected chi connectivity index (χ0v) is 7.77. The summed E-state index contributed by atoms with van der Waals surface area (Å²) in [5, 5.41) is 9.29. The molecule has 0 amide bonds. The second-order valence-corrected chi connectivity index (χ2v) is 3.14. The number of benzene rings is 1. The number of nitrogens with two attached hydrogens (primary N) is 1. The number of rotatable bonds is 3. The highest BCUT2D eigenvalue weighted by molar-refractivity contribution is 5.48. The summed E-state index contributed by atoms with van der Waals surface area (Å²) >= 11 is 0. The maximum Gasteiger partial charge on any atom is 0.0704 e. The van der Waals surface area contributed by atoms with Crippen molar-refractivity contribution in [3.05, 3.63) is 42.0 Å². The average Bonchev–Trinajstić information content (AvgIpc) is 2.16. The molecular formula is C11H15NO. The molecule has 1 unspecified atom stereocenters. The van der Waals surface area contributed by atoms with Crippen molar-refractivity contribution in [1.29, 1.82) is 0 Å². The smallest absolute Gasteiger partial charge is 0.0704 e. The second-order valence-electron chi connectivity index (χ2n) is 3.14. The second kappa shape index (κ2) is 4.21. The minimum atomic E-state index is -0.528. The van der Waals surface area contributed by atoms with Gasteiger partial charge in [-0.25, -0.2) is 0 Å². The Labute approximate surface area is 78.7 Å². The Bertz CT molecular complexity index is 294. The van der Waals surface area contributed by atoms with Crippen molar-refractivity contribution in [2.24, 2.45) is 5.73 Å². The number of aliphatic hydroxyl groups excluding tert-OH is 1. The maximum atomic E-state index is 9.29. The lowest BCUT2D eigenvalue weighted by Crippen LogP contribution is -2.23. The Morgan fingerprint density at radius 3 is 2.77 bits per heavy atom. The van der Waals surface area contributed by atoms with Crippen molar-refractivity contribution in [2.75, 3.05) is 0 Å². The van der Waals surface area contributed by atoms with Crippen LogP contribution in [-0.4, -0.2) is 11.2 Å². The molecule has 1 rings (SSSR count). The van der Waals surface area contributed by atoms with Crippen molar-refractivity contribution in [3.63, 3.8) is 0 Å². The van der Waals surface area contributed by atoms with Gasteiger partial charge in [-0.2, -0.15) is 0 Å². The van der Waals surface area contributed by atoms with Gasteiger partial charge >= 0.3 is 0 Å². The minimum Gasteiger partial charge on any atom is -0.391 e. The van der Waals surface area contributed by atoms with Gasteiger partial charge in [-0.05, 0) is 18.1 Å². The van der Waals surface area contributed by atoms with Crippen LogP contribution in [0.15, 0.2) is 30.8 Å². The lowest BCUT2D eigenvalue weighted by molar-refractivity contribution is 0.164. The van der Waals surface area contributed by atoms with Crippen molar-refractivity contribution >= 4 is 6.08 Å². The third-order valence-corrected chi connectivity index (χ3v) is 2.05. The van der Waals surface area contributed by atoms with E-state index >= 15 is 0 Å². The van der Waals surface area contributed by atoms with Crippen LogP contribution in [0.1, 0.15) is 24.1 Å². The van der Waals surface area contributed by atoms with Gasteiger partial charge in [-0.3, -0.25) is 0 Å². The maximum absolute atomic E-state index is 9.29. The Balaban J connectivity index is 2.94. The van der Waals surface area contributed by atoms with E-state index in [1.54, 1.807) is 13.0 Å². The van der Waals surface area contributed by atoms with E-state index in [0.29, 0.717) is 0 Å². The standard InChI is InChI=1S/C11H15NO/c1-3-9-5-4-6-10(7-9)11(12)8(2)13/h3-8,11,13H,1,12H2,2H3/t8?,11-/m1/s1. The van der Waals surface area contributed by atoms with Crippen LogP contribution in [0, 0.1) is 0 Å². The molecule has 3 N–H and O–H groups in total. The SMILES string of the molecule is C=Cc1cccc([C@H](N)C(C)O)c1. The molecule has 70 valence electrons. The Kier molecular flexibility index (Phi) is 3.23. The molecule has 13 heavy (non-hydrogen) atoms. The van der Waals surface area contributed by atoms with Gasteiger partial charge in [0.2, 0.25) is 0 Å². The molecule has 0 spiro atoms. The van der Waals surface area contributed by atoms with Crippen LogP contribution < -0.4 is 5.73 Å². The quantitative estimate of drug-likeness (QED) is 0.738. The summed E-state index contributed by atoms with van der Waals surface area (Å²) in [4.78, 5) is 0. The third kappa shape index (κ3) is 2.41. The summed E-state index contributed by atoms with van der Waals surface area (Å²) in [5.74, 6) is 0. The summed E-state index contributed by atoms with van der Waals surface area (Å²) in [5.41, 5.74) is 7.74. The summed E-state index contributed by atoms with van der Waals surface area (Å²) in [7, 11) is 0. The normalized spacial score (nSPS) is 15.0. The average molecular weight is 177 g/mol. The van der Waals surface area contributed by atoms with Crippen molar-refractivity contribution in [1.82, 2.24) is 0 Å². The molecule has 0 saturated heterocycles. The highest BCUT2D eigenvalue weighted by atomic mass is 16.3. The molecule has 0 fully saturated rings. The lowest BCUT2D eigenvalue weighted by Gasteiger charge is -2.15. The lowest BCUT2D eigenvalue weighted by atomic mass is 10.0. The summed E-state index contributed by atoms with van der Waals surface area (Å²) in [6, 6.07) is 7.38. The van der Waals surface area contributed by atoms with Crippen LogP contribution in [0.4, 0.5) is 0 Å². The molecule has 1 aromatic rings. The number of hydrogen-bond donors (Lipinski definition) is 2. The Hall–Kier alpha value is -1.12. The molecule has 2 atom stereocenters. The van der Waals surface area contributed by atoms with Crippen LogP contribution in [0.5, 0.6) is 0 Å². The van der Waals surface area contributed by atoms with Crippen molar-refractivity contribution in [3.8, 4) is 0 Å². The molecule has 0 aliphatic heterocycles. The predicted molar refractivity (Wildman–Crippen MR) is 55.1 cm³/mol. The highest BCUT2D eigenvalue weighted by Crippen LogP contribution is 2.15. The molecule has 0 heterocycles.